The van der Waals surface area contributed by atoms with Crippen molar-refractivity contribution in [2.45, 2.75) is 72.3 Å². The second kappa shape index (κ2) is 19.9. The molecule has 0 bridgehead atoms. The number of esters is 1. The number of aryl methyl sites for hydroxylation is 1. The van der Waals surface area contributed by atoms with Gasteiger partial charge in [0.05, 0.1) is 5.92 Å². The third-order valence-electron chi connectivity index (χ3n) is 7.40. The number of pyridine rings is 1. The highest BCUT2D eigenvalue weighted by atomic mass is 19.1. The number of benzene rings is 1. The maximum absolute atomic E-state index is 12.9. The lowest BCUT2D eigenvalue weighted by Crippen LogP contribution is -2.35. The van der Waals surface area contributed by atoms with Gasteiger partial charge in [0, 0.05) is 44.1 Å². The largest absolute Gasteiger partial charge is 0.462 e. The molecule has 2 aliphatic carbocycles. The summed E-state index contributed by atoms with van der Waals surface area (Å²) < 4.78 is 22.8. The van der Waals surface area contributed by atoms with E-state index >= 15 is 0 Å². The molecule has 3 aliphatic rings. The second-order valence-corrected chi connectivity index (χ2v) is 10.3. The van der Waals surface area contributed by atoms with Gasteiger partial charge in [-0.15, -0.1) is 6.58 Å². The number of amides is 1. The Morgan fingerprint density at radius 2 is 1.75 bits per heavy atom. The molecule has 5 rings (SSSR count). The average molecular weight is 557 g/mol. The van der Waals surface area contributed by atoms with Crippen molar-refractivity contribution < 1.29 is 23.5 Å². The summed E-state index contributed by atoms with van der Waals surface area (Å²) in [7, 11) is 3.24. The molecule has 1 N–H and O–H groups in total. The standard InChI is InChI=1S/C13H20O2.C12H10FN.C3H8O.C3H6.C2H5NO/c1-8-11-6-9-4-2-3-5-10(9)7-12(11)13(14)15-8;1-9-5-6-11(8-14-9)10-3-2-4-12(13)7-10;1-3-4-2;1-3-2;1-3-2-4/h8-12H,2-7H2,1H3;2-8H,1H3;3H2,1-2H3;3H,1H2,2H3;2H,1H3,(H,3,4). The highest BCUT2D eigenvalue weighted by Crippen LogP contribution is 2.49. The first-order chi connectivity index (χ1) is 19.3. The molecule has 1 aromatic heterocycles. The van der Waals surface area contributed by atoms with Gasteiger partial charge >= 0.3 is 5.97 Å². The Hall–Kier alpha value is -3.06. The van der Waals surface area contributed by atoms with Crippen LogP contribution in [-0.4, -0.2) is 44.2 Å². The van der Waals surface area contributed by atoms with Gasteiger partial charge in [0.25, 0.3) is 0 Å². The average Bonchev–Trinajstić information content (AvgIpc) is 3.25. The van der Waals surface area contributed by atoms with E-state index in [1.165, 1.54) is 44.2 Å². The van der Waals surface area contributed by atoms with Crippen LogP contribution in [0.15, 0.2) is 55.3 Å². The van der Waals surface area contributed by atoms with Crippen molar-refractivity contribution in [3.8, 4) is 11.1 Å². The van der Waals surface area contributed by atoms with Crippen molar-refractivity contribution in [1.29, 1.82) is 0 Å². The number of fused-ring (bicyclic) bond motifs is 2. The summed E-state index contributed by atoms with van der Waals surface area (Å²) in [5.74, 6) is 2.39. The minimum atomic E-state index is -0.219. The summed E-state index contributed by atoms with van der Waals surface area (Å²) >= 11 is 0. The Morgan fingerprint density at radius 1 is 1.15 bits per heavy atom. The van der Waals surface area contributed by atoms with E-state index in [0.29, 0.717) is 12.3 Å². The fourth-order valence-corrected chi connectivity index (χ4v) is 5.37. The normalized spacial score (nSPS) is 23.7. The van der Waals surface area contributed by atoms with Gasteiger partial charge in [-0.25, -0.2) is 4.39 Å². The first kappa shape index (κ1) is 35.0. The molecule has 6 nitrogen and oxygen atoms in total. The zero-order valence-corrected chi connectivity index (χ0v) is 25.2. The molecule has 222 valence electrons. The molecular weight excluding hydrogens is 507 g/mol. The number of carbonyl (C=O) groups excluding carboxylic acids is 2. The van der Waals surface area contributed by atoms with E-state index in [0.717, 1.165) is 41.7 Å². The number of methoxy groups -OCH3 is 1. The van der Waals surface area contributed by atoms with Crippen molar-refractivity contribution >= 4 is 12.4 Å². The zero-order valence-electron chi connectivity index (χ0n) is 25.2. The van der Waals surface area contributed by atoms with Crippen LogP contribution in [0.25, 0.3) is 11.1 Å². The summed E-state index contributed by atoms with van der Waals surface area (Å²) in [6.45, 7) is 12.0. The maximum Gasteiger partial charge on any atom is 0.309 e. The molecule has 2 aromatic rings. The first-order valence-corrected chi connectivity index (χ1v) is 14.3. The molecule has 40 heavy (non-hydrogen) atoms. The monoisotopic (exact) mass is 556 g/mol. The Kier molecular flexibility index (Phi) is 17.4. The molecule has 3 fully saturated rings. The molecule has 5 atom stereocenters. The third kappa shape index (κ3) is 12.0. The predicted molar refractivity (Wildman–Crippen MR) is 160 cm³/mol. The lowest BCUT2D eigenvalue weighted by Gasteiger charge is -2.40. The number of hydrogen-bond donors (Lipinski definition) is 1. The van der Waals surface area contributed by atoms with Crippen LogP contribution in [0.2, 0.25) is 0 Å². The molecule has 1 amide bonds. The second-order valence-electron chi connectivity index (χ2n) is 10.3. The number of carbonyl (C=O) groups is 2. The molecular formula is C33H49FN2O4. The van der Waals surface area contributed by atoms with Gasteiger partial charge in [0.2, 0.25) is 6.41 Å². The number of halogens is 1. The number of hydrogen-bond acceptors (Lipinski definition) is 5. The molecule has 1 aliphatic heterocycles. The fourth-order valence-electron chi connectivity index (χ4n) is 5.37. The maximum atomic E-state index is 12.9. The minimum Gasteiger partial charge on any atom is -0.462 e. The van der Waals surface area contributed by atoms with Crippen molar-refractivity contribution in [3.05, 3.63) is 66.8 Å². The summed E-state index contributed by atoms with van der Waals surface area (Å²) in [5.41, 5.74) is 2.76. The molecule has 5 unspecified atom stereocenters. The van der Waals surface area contributed by atoms with Crippen molar-refractivity contribution in [1.82, 2.24) is 10.3 Å². The van der Waals surface area contributed by atoms with Crippen LogP contribution in [0.3, 0.4) is 0 Å². The van der Waals surface area contributed by atoms with Crippen molar-refractivity contribution in [2.24, 2.45) is 23.7 Å². The molecule has 7 heteroatoms. The van der Waals surface area contributed by atoms with Crippen LogP contribution in [0.1, 0.15) is 65.0 Å². The van der Waals surface area contributed by atoms with Gasteiger partial charge < -0.3 is 14.8 Å². The Bertz CT molecular complexity index is 996. The molecule has 2 heterocycles. The Labute approximate surface area is 240 Å². The summed E-state index contributed by atoms with van der Waals surface area (Å²) in [6.07, 6.45) is 12.2. The van der Waals surface area contributed by atoms with Crippen molar-refractivity contribution in [3.63, 3.8) is 0 Å². The molecule has 1 saturated heterocycles. The van der Waals surface area contributed by atoms with E-state index in [4.69, 9.17) is 9.53 Å². The highest BCUT2D eigenvalue weighted by Gasteiger charge is 2.49. The number of allylic oxidation sites excluding steroid dienone is 1. The number of nitrogens with one attached hydrogen (secondary N) is 1. The van der Waals surface area contributed by atoms with Crippen LogP contribution >= 0.6 is 0 Å². The quantitative estimate of drug-likeness (QED) is 0.246. The molecule has 2 saturated carbocycles. The van der Waals surface area contributed by atoms with Crippen LogP contribution in [0.4, 0.5) is 4.39 Å². The fraction of sp³-hybridized carbons (Fsp3) is 0.545. The van der Waals surface area contributed by atoms with E-state index in [-0.39, 0.29) is 23.8 Å². The first-order valence-electron chi connectivity index (χ1n) is 14.3. The van der Waals surface area contributed by atoms with Crippen LogP contribution in [0, 0.1) is 36.4 Å². The number of rotatable bonds is 3. The van der Waals surface area contributed by atoms with E-state index < -0.39 is 0 Å². The number of ether oxygens (including phenoxy) is 2. The van der Waals surface area contributed by atoms with Gasteiger partial charge in [-0.1, -0.05) is 50.0 Å². The number of nitrogens with zero attached hydrogens (tertiary/aromatic N) is 1. The summed E-state index contributed by atoms with van der Waals surface area (Å²) in [6, 6.07) is 10.4. The molecule has 0 spiro atoms. The predicted octanol–water partition coefficient (Wildman–Crippen LogP) is 7.17. The number of cyclic esters (lactones) is 1. The van der Waals surface area contributed by atoms with Crippen LogP contribution in [0.5, 0.6) is 0 Å². The minimum absolute atomic E-state index is 0.0940. The van der Waals surface area contributed by atoms with Gasteiger partial charge in [-0.05, 0) is 76.1 Å². The van der Waals surface area contributed by atoms with E-state index in [2.05, 4.69) is 28.5 Å². The molecule has 1 aromatic carbocycles. The van der Waals surface area contributed by atoms with Crippen molar-refractivity contribution in [2.75, 3.05) is 20.8 Å². The SMILES string of the molecule is C=CC.CC1OC(=O)C2CC3CCCCC3CC12.CCOC.CNC=O.Cc1ccc(-c2cccc(F)c2)cn1. The Morgan fingerprint density at radius 3 is 2.25 bits per heavy atom. The summed E-state index contributed by atoms with van der Waals surface area (Å²) in [5, 5.41) is 2.25. The summed E-state index contributed by atoms with van der Waals surface area (Å²) in [4.78, 5) is 24.9. The Balaban J connectivity index is 0.000000296. The van der Waals surface area contributed by atoms with E-state index in [1.54, 1.807) is 32.5 Å². The van der Waals surface area contributed by atoms with Gasteiger partial charge in [-0.3, -0.25) is 14.6 Å². The van der Waals surface area contributed by atoms with E-state index in [1.807, 2.05) is 39.0 Å². The number of aromatic nitrogens is 1. The van der Waals surface area contributed by atoms with Gasteiger partial charge in [0.1, 0.15) is 11.9 Å². The zero-order chi connectivity index (χ0) is 29.9. The third-order valence-corrected chi connectivity index (χ3v) is 7.40. The van der Waals surface area contributed by atoms with E-state index in [9.17, 15) is 9.18 Å². The lowest BCUT2D eigenvalue weighted by molar-refractivity contribution is -0.144. The molecule has 0 radical (unpaired) electrons. The van der Waals surface area contributed by atoms with Crippen LogP contribution < -0.4 is 5.32 Å². The smallest absolute Gasteiger partial charge is 0.309 e. The highest BCUT2D eigenvalue weighted by molar-refractivity contribution is 5.75. The lowest BCUT2D eigenvalue weighted by atomic mass is 9.63. The van der Waals surface area contributed by atoms with Gasteiger partial charge in [-0.2, -0.15) is 0 Å². The topological polar surface area (TPSA) is 77.5 Å². The van der Waals surface area contributed by atoms with Crippen LogP contribution in [-0.2, 0) is 19.1 Å². The van der Waals surface area contributed by atoms with Gasteiger partial charge in [0.15, 0.2) is 0 Å².